The molecule has 2 aromatic heterocycles. The number of aromatic nitrogens is 4. The van der Waals surface area contributed by atoms with Gasteiger partial charge in [-0.2, -0.15) is 10.4 Å². The number of piperidine rings is 1. The van der Waals surface area contributed by atoms with Gasteiger partial charge in [-0.05, 0) is 18.9 Å². The van der Waals surface area contributed by atoms with Crippen molar-refractivity contribution >= 4 is 5.82 Å². The minimum Gasteiger partial charge on any atom is -0.394 e. The van der Waals surface area contributed by atoms with Crippen LogP contribution in [0, 0.1) is 11.3 Å². The molecule has 1 aliphatic rings. The molecule has 7 heteroatoms. The fraction of sp³-hybridized carbons (Fsp3) is 0.467. The summed E-state index contributed by atoms with van der Waals surface area (Å²) in [7, 11) is 0. The van der Waals surface area contributed by atoms with Crippen molar-refractivity contribution < 1.29 is 5.11 Å². The molecule has 1 atom stereocenters. The van der Waals surface area contributed by atoms with Crippen LogP contribution in [-0.2, 0) is 6.54 Å². The lowest BCUT2D eigenvalue weighted by Crippen LogP contribution is -2.35. The normalized spacial score (nSPS) is 18.2. The Morgan fingerprint density at radius 2 is 2.23 bits per heavy atom. The molecule has 1 N–H and O–H groups in total. The van der Waals surface area contributed by atoms with Crippen LogP contribution in [0.5, 0.6) is 0 Å². The zero-order valence-corrected chi connectivity index (χ0v) is 12.3. The van der Waals surface area contributed by atoms with Crippen molar-refractivity contribution in [3.05, 3.63) is 36.0 Å². The van der Waals surface area contributed by atoms with Crippen molar-refractivity contribution in [1.29, 1.82) is 5.26 Å². The van der Waals surface area contributed by atoms with E-state index in [4.69, 9.17) is 5.11 Å². The van der Waals surface area contributed by atoms with Crippen molar-refractivity contribution in [1.82, 2.24) is 19.7 Å². The van der Waals surface area contributed by atoms with E-state index in [0.717, 1.165) is 31.6 Å². The molecule has 0 amide bonds. The number of anilines is 1. The number of rotatable bonds is 4. The molecule has 22 heavy (non-hydrogen) atoms. The van der Waals surface area contributed by atoms with Crippen molar-refractivity contribution in [2.24, 2.45) is 0 Å². The van der Waals surface area contributed by atoms with Crippen LogP contribution in [0.3, 0.4) is 0 Å². The van der Waals surface area contributed by atoms with Crippen LogP contribution in [0.25, 0.3) is 0 Å². The Labute approximate surface area is 128 Å². The topological polar surface area (TPSA) is 90.9 Å². The van der Waals surface area contributed by atoms with Gasteiger partial charge in [-0.15, -0.1) is 0 Å². The summed E-state index contributed by atoms with van der Waals surface area (Å²) < 4.78 is 1.76. The quantitative estimate of drug-likeness (QED) is 0.902. The highest BCUT2D eigenvalue weighted by atomic mass is 16.3. The Morgan fingerprint density at radius 3 is 3.05 bits per heavy atom. The number of hydrogen-bond acceptors (Lipinski definition) is 6. The lowest BCUT2D eigenvalue weighted by atomic mass is 9.95. The number of nitriles is 1. The molecule has 114 valence electrons. The van der Waals surface area contributed by atoms with Gasteiger partial charge in [-0.1, -0.05) is 0 Å². The summed E-state index contributed by atoms with van der Waals surface area (Å²) in [6.07, 6.45) is 7.15. The molecule has 3 rings (SSSR count). The molecule has 3 heterocycles. The molecule has 1 saturated heterocycles. The van der Waals surface area contributed by atoms with Gasteiger partial charge < -0.3 is 10.0 Å². The third-order valence-electron chi connectivity index (χ3n) is 3.91. The molecule has 0 bridgehead atoms. The predicted molar refractivity (Wildman–Crippen MR) is 80.2 cm³/mol. The SMILES string of the molecule is N#Cc1nccnc1N1CCC[C@@H](c2ccn(CCO)n2)C1. The van der Waals surface area contributed by atoms with Gasteiger partial charge in [0.05, 0.1) is 18.8 Å². The van der Waals surface area contributed by atoms with E-state index >= 15 is 0 Å². The molecular formula is C15H18N6O. The highest BCUT2D eigenvalue weighted by molar-refractivity contribution is 5.50. The van der Waals surface area contributed by atoms with Gasteiger partial charge in [-0.3, -0.25) is 4.68 Å². The zero-order valence-electron chi connectivity index (χ0n) is 12.3. The molecule has 0 aliphatic carbocycles. The fourth-order valence-corrected chi connectivity index (χ4v) is 2.87. The van der Waals surface area contributed by atoms with Crippen LogP contribution in [0.4, 0.5) is 5.82 Å². The zero-order chi connectivity index (χ0) is 15.4. The van der Waals surface area contributed by atoms with Gasteiger partial charge in [0.1, 0.15) is 6.07 Å². The second-order valence-corrected chi connectivity index (χ2v) is 5.35. The fourth-order valence-electron chi connectivity index (χ4n) is 2.87. The molecule has 0 saturated carbocycles. The minimum atomic E-state index is 0.0864. The summed E-state index contributed by atoms with van der Waals surface area (Å²) in [6, 6.07) is 4.11. The van der Waals surface area contributed by atoms with Crippen LogP contribution < -0.4 is 4.90 Å². The third-order valence-corrected chi connectivity index (χ3v) is 3.91. The molecule has 0 spiro atoms. The molecule has 0 radical (unpaired) electrons. The first kappa shape index (κ1) is 14.5. The van der Waals surface area contributed by atoms with E-state index in [1.54, 1.807) is 17.1 Å². The maximum absolute atomic E-state index is 9.18. The van der Waals surface area contributed by atoms with Gasteiger partial charge in [0.15, 0.2) is 11.5 Å². The van der Waals surface area contributed by atoms with Crippen molar-refractivity contribution in [3.8, 4) is 6.07 Å². The second-order valence-electron chi connectivity index (χ2n) is 5.35. The van der Waals surface area contributed by atoms with Crippen LogP contribution in [0.15, 0.2) is 24.7 Å². The molecule has 1 fully saturated rings. The highest BCUT2D eigenvalue weighted by Gasteiger charge is 2.25. The summed E-state index contributed by atoms with van der Waals surface area (Å²) in [6.45, 7) is 2.26. The van der Waals surface area contributed by atoms with Crippen LogP contribution in [0.2, 0.25) is 0 Å². The van der Waals surface area contributed by atoms with Gasteiger partial charge in [0, 0.05) is 37.6 Å². The molecule has 0 aromatic carbocycles. The largest absolute Gasteiger partial charge is 0.394 e. The summed E-state index contributed by atoms with van der Waals surface area (Å²) in [5.41, 5.74) is 1.40. The Bertz CT molecular complexity index is 677. The van der Waals surface area contributed by atoms with Crippen molar-refractivity contribution in [2.75, 3.05) is 24.6 Å². The van der Waals surface area contributed by atoms with Gasteiger partial charge >= 0.3 is 0 Å². The Kier molecular flexibility index (Phi) is 4.30. The maximum Gasteiger partial charge on any atom is 0.183 e. The maximum atomic E-state index is 9.18. The standard InChI is InChI=1S/C15H18N6O/c16-10-14-15(18-5-4-17-14)20-6-1-2-12(11-20)13-3-7-21(19-13)8-9-22/h3-5,7,12,22H,1-2,6,8-9,11H2/t12-/m1/s1. The highest BCUT2D eigenvalue weighted by Crippen LogP contribution is 2.29. The first-order chi connectivity index (χ1) is 10.8. The average Bonchev–Trinajstić information content (AvgIpc) is 3.04. The Hall–Kier alpha value is -2.46. The smallest absolute Gasteiger partial charge is 0.183 e. The molecular weight excluding hydrogens is 280 g/mol. The molecule has 2 aromatic rings. The number of aliphatic hydroxyl groups is 1. The summed E-state index contributed by atoms with van der Waals surface area (Å²) in [5.74, 6) is 0.965. The Morgan fingerprint density at radius 1 is 1.36 bits per heavy atom. The van der Waals surface area contributed by atoms with Crippen LogP contribution >= 0.6 is 0 Å². The van der Waals surface area contributed by atoms with Gasteiger partial charge in [0.2, 0.25) is 0 Å². The summed E-state index contributed by atoms with van der Waals surface area (Å²) in [5, 5.41) is 22.7. The van der Waals surface area contributed by atoms with Gasteiger partial charge in [-0.25, -0.2) is 9.97 Å². The summed E-state index contributed by atoms with van der Waals surface area (Å²) in [4.78, 5) is 10.5. The monoisotopic (exact) mass is 298 g/mol. The lowest BCUT2D eigenvalue weighted by Gasteiger charge is -2.32. The van der Waals surface area contributed by atoms with E-state index in [1.807, 2.05) is 12.3 Å². The number of nitrogens with zero attached hydrogens (tertiary/aromatic N) is 6. The van der Waals surface area contributed by atoms with Crippen molar-refractivity contribution in [2.45, 2.75) is 25.3 Å². The molecule has 7 nitrogen and oxygen atoms in total. The van der Waals surface area contributed by atoms with E-state index in [2.05, 4.69) is 26.0 Å². The summed E-state index contributed by atoms with van der Waals surface area (Å²) >= 11 is 0. The molecule has 0 unspecified atom stereocenters. The molecule has 1 aliphatic heterocycles. The van der Waals surface area contributed by atoms with Crippen LogP contribution in [-0.4, -0.2) is 44.6 Å². The van der Waals surface area contributed by atoms with E-state index in [9.17, 15) is 5.26 Å². The van der Waals surface area contributed by atoms with Crippen molar-refractivity contribution in [3.63, 3.8) is 0 Å². The average molecular weight is 298 g/mol. The Balaban J connectivity index is 1.77. The third kappa shape index (κ3) is 2.92. The second kappa shape index (κ2) is 6.54. The predicted octanol–water partition coefficient (Wildman–Crippen LogP) is 0.921. The first-order valence-corrected chi connectivity index (χ1v) is 7.42. The number of aliphatic hydroxyl groups excluding tert-OH is 1. The minimum absolute atomic E-state index is 0.0864. The van der Waals surface area contributed by atoms with E-state index in [1.165, 1.54) is 0 Å². The van der Waals surface area contributed by atoms with E-state index in [-0.39, 0.29) is 6.61 Å². The van der Waals surface area contributed by atoms with E-state index < -0.39 is 0 Å². The lowest BCUT2D eigenvalue weighted by molar-refractivity contribution is 0.268. The van der Waals surface area contributed by atoms with E-state index in [0.29, 0.717) is 24.0 Å². The van der Waals surface area contributed by atoms with Crippen LogP contribution in [0.1, 0.15) is 30.1 Å². The number of hydrogen-bond donors (Lipinski definition) is 1. The van der Waals surface area contributed by atoms with Gasteiger partial charge in [0.25, 0.3) is 0 Å². The first-order valence-electron chi connectivity index (χ1n) is 7.42.